The van der Waals surface area contributed by atoms with Gasteiger partial charge in [-0.1, -0.05) is 16.8 Å². The molecule has 0 atom stereocenters. The maximum Gasteiger partial charge on any atom is 0.257 e. The summed E-state index contributed by atoms with van der Waals surface area (Å²) >= 11 is 5.94. The van der Waals surface area contributed by atoms with Crippen LogP contribution in [-0.4, -0.2) is 23.9 Å². The van der Waals surface area contributed by atoms with E-state index in [1.807, 2.05) is 0 Å². The van der Waals surface area contributed by atoms with Crippen LogP contribution in [0.25, 0.3) is 11.5 Å². The van der Waals surface area contributed by atoms with Crippen molar-refractivity contribution in [2.45, 2.75) is 12.8 Å². The van der Waals surface area contributed by atoms with Gasteiger partial charge in [0.2, 0.25) is 0 Å². The summed E-state index contributed by atoms with van der Waals surface area (Å²) in [7, 11) is 1.66. The summed E-state index contributed by atoms with van der Waals surface area (Å²) in [5.74, 6) is 1.11. The lowest BCUT2D eigenvalue weighted by molar-refractivity contribution is 0.194. The molecule has 0 saturated carbocycles. The summed E-state index contributed by atoms with van der Waals surface area (Å²) < 4.78 is 10.1. The van der Waals surface area contributed by atoms with Crippen LogP contribution in [0.15, 0.2) is 22.7 Å². The number of methoxy groups -OCH3 is 1. The van der Waals surface area contributed by atoms with Gasteiger partial charge < -0.3 is 15.0 Å². The molecule has 18 heavy (non-hydrogen) atoms. The molecule has 0 bridgehead atoms. The molecule has 0 radical (unpaired) electrons. The lowest BCUT2D eigenvalue weighted by Crippen LogP contribution is -1.94. The van der Waals surface area contributed by atoms with E-state index in [1.165, 1.54) is 0 Å². The molecular weight excluding hydrogens is 254 g/mol. The van der Waals surface area contributed by atoms with E-state index in [1.54, 1.807) is 25.3 Å². The monoisotopic (exact) mass is 267 g/mol. The highest BCUT2D eigenvalue weighted by Crippen LogP contribution is 2.25. The Balaban J connectivity index is 2.11. The van der Waals surface area contributed by atoms with Gasteiger partial charge in [0, 0.05) is 25.7 Å². The molecule has 2 N–H and O–H groups in total. The molecule has 0 fully saturated rings. The van der Waals surface area contributed by atoms with E-state index in [-0.39, 0.29) is 0 Å². The van der Waals surface area contributed by atoms with E-state index >= 15 is 0 Å². The van der Waals surface area contributed by atoms with Crippen LogP contribution in [0.1, 0.15) is 12.2 Å². The number of aromatic nitrogens is 2. The quantitative estimate of drug-likeness (QED) is 0.666. The molecule has 0 aliphatic rings. The Morgan fingerprint density at radius 2 is 2.28 bits per heavy atom. The van der Waals surface area contributed by atoms with Gasteiger partial charge in [0.1, 0.15) is 0 Å². The number of ether oxygens (including phenoxy) is 1. The van der Waals surface area contributed by atoms with Gasteiger partial charge in [0.15, 0.2) is 5.82 Å². The van der Waals surface area contributed by atoms with Gasteiger partial charge in [-0.2, -0.15) is 4.98 Å². The molecule has 0 aliphatic heterocycles. The van der Waals surface area contributed by atoms with E-state index in [2.05, 4.69) is 10.1 Å². The maximum absolute atomic E-state index is 5.94. The van der Waals surface area contributed by atoms with Crippen LogP contribution in [-0.2, 0) is 11.2 Å². The molecule has 2 aromatic rings. The first-order valence-corrected chi connectivity index (χ1v) is 5.95. The van der Waals surface area contributed by atoms with E-state index in [9.17, 15) is 0 Å². The average molecular weight is 268 g/mol. The van der Waals surface area contributed by atoms with Crippen LogP contribution in [0.4, 0.5) is 5.69 Å². The molecule has 96 valence electrons. The summed E-state index contributed by atoms with van der Waals surface area (Å²) in [5, 5.41) is 4.38. The second-order valence-electron chi connectivity index (χ2n) is 3.85. The zero-order valence-electron chi connectivity index (χ0n) is 10.0. The number of anilines is 1. The standard InChI is InChI=1S/C12H14ClN3O2/c1-17-6-2-3-11-15-12(18-16-11)8-4-5-10(14)9(13)7-8/h4-5,7H,2-3,6,14H2,1H3. The van der Waals surface area contributed by atoms with Crippen molar-refractivity contribution in [2.24, 2.45) is 0 Å². The number of nitrogen functional groups attached to an aromatic ring is 1. The number of benzene rings is 1. The first kappa shape index (κ1) is 12.9. The van der Waals surface area contributed by atoms with Gasteiger partial charge in [0.05, 0.1) is 10.7 Å². The highest BCUT2D eigenvalue weighted by atomic mass is 35.5. The minimum Gasteiger partial charge on any atom is -0.398 e. The SMILES string of the molecule is COCCCc1noc(-c2ccc(N)c(Cl)c2)n1. The van der Waals surface area contributed by atoms with Gasteiger partial charge in [-0.25, -0.2) is 0 Å². The Kier molecular flexibility index (Phi) is 4.17. The van der Waals surface area contributed by atoms with Crippen LogP contribution < -0.4 is 5.73 Å². The van der Waals surface area contributed by atoms with Crippen molar-refractivity contribution in [1.29, 1.82) is 0 Å². The molecule has 1 aromatic heterocycles. The maximum atomic E-state index is 5.94. The van der Waals surface area contributed by atoms with Gasteiger partial charge >= 0.3 is 0 Å². The number of halogens is 1. The zero-order valence-corrected chi connectivity index (χ0v) is 10.8. The Bertz CT molecular complexity index is 528. The summed E-state index contributed by atoms with van der Waals surface area (Å²) in [6.07, 6.45) is 1.58. The first-order chi connectivity index (χ1) is 8.70. The molecule has 0 spiro atoms. The van der Waals surface area contributed by atoms with Crippen molar-refractivity contribution in [3.05, 3.63) is 29.0 Å². The molecule has 0 unspecified atom stereocenters. The summed E-state index contributed by atoms with van der Waals surface area (Å²) in [5.41, 5.74) is 6.93. The summed E-state index contributed by atoms with van der Waals surface area (Å²) in [4.78, 5) is 4.29. The van der Waals surface area contributed by atoms with E-state index < -0.39 is 0 Å². The minimum absolute atomic E-state index is 0.448. The lowest BCUT2D eigenvalue weighted by atomic mass is 10.2. The predicted molar refractivity (Wildman–Crippen MR) is 69.4 cm³/mol. The third-order valence-electron chi connectivity index (χ3n) is 2.46. The Labute approximate surface area is 110 Å². The Hall–Kier alpha value is -1.59. The molecular formula is C12H14ClN3O2. The van der Waals surface area contributed by atoms with Gasteiger partial charge in [-0.3, -0.25) is 0 Å². The molecule has 0 amide bonds. The van der Waals surface area contributed by atoms with E-state index in [0.29, 0.717) is 29.0 Å². The molecule has 6 heteroatoms. The van der Waals surface area contributed by atoms with Gasteiger partial charge in [0.25, 0.3) is 5.89 Å². The van der Waals surface area contributed by atoms with Gasteiger partial charge in [-0.15, -0.1) is 0 Å². The topological polar surface area (TPSA) is 74.2 Å². The van der Waals surface area contributed by atoms with Gasteiger partial charge in [-0.05, 0) is 24.6 Å². The van der Waals surface area contributed by atoms with Crippen molar-refractivity contribution in [1.82, 2.24) is 10.1 Å². The van der Waals surface area contributed by atoms with Crippen molar-refractivity contribution < 1.29 is 9.26 Å². The first-order valence-electron chi connectivity index (χ1n) is 5.57. The fourth-order valence-electron chi connectivity index (χ4n) is 1.51. The minimum atomic E-state index is 0.448. The number of nitrogens with two attached hydrogens (primary N) is 1. The number of hydrogen-bond donors (Lipinski definition) is 1. The molecule has 2 rings (SSSR count). The molecule has 5 nitrogen and oxygen atoms in total. The third-order valence-corrected chi connectivity index (χ3v) is 2.79. The largest absolute Gasteiger partial charge is 0.398 e. The highest BCUT2D eigenvalue weighted by molar-refractivity contribution is 6.33. The number of nitrogens with zero attached hydrogens (tertiary/aromatic N) is 2. The van der Waals surface area contributed by atoms with Crippen LogP contribution in [0.5, 0.6) is 0 Å². The van der Waals surface area contributed by atoms with Crippen molar-refractivity contribution in [3.8, 4) is 11.5 Å². The van der Waals surface area contributed by atoms with Crippen LogP contribution in [0.3, 0.4) is 0 Å². The third kappa shape index (κ3) is 3.00. The fourth-order valence-corrected chi connectivity index (χ4v) is 1.69. The Morgan fingerprint density at radius 3 is 3.00 bits per heavy atom. The van der Waals surface area contributed by atoms with Crippen LogP contribution in [0.2, 0.25) is 5.02 Å². The second kappa shape index (κ2) is 5.84. The Morgan fingerprint density at radius 1 is 1.44 bits per heavy atom. The zero-order chi connectivity index (χ0) is 13.0. The summed E-state index contributed by atoms with van der Waals surface area (Å²) in [6, 6.07) is 5.23. The molecule has 0 aliphatic carbocycles. The predicted octanol–water partition coefficient (Wildman–Crippen LogP) is 2.55. The smallest absolute Gasteiger partial charge is 0.257 e. The summed E-state index contributed by atoms with van der Waals surface area (Å²) in [6.45, 7) is 0.678. The average Bonchev–Trinajstić information content (AvgIpc) is 2.82. The van der Waals surface area contributed by atoms with Crippen molar-refractivity contribution >= 4 is 17.3 Å². The number of aryl methyl sites for hydroxylation is 1. The highest BCUT2D eigenvalue weighted by Gasteiger charge is 2.09. The number of rotatable bonds is 5. The molecule has 1 aromatic carbocycles. The normalized spacial score (nSPS) is 10.8. The molecule has 0 saturated heterocycles. The molecule has 1 heterocycles. The van der Waals surface area contributed by atoms with Crippen molar-refractivity contribution in [2.75, 3.05) is 19.5 Å². The number of hydrogen-bond acceptors (Lipinski definition) is 5. The van der Waals surface area contributed by atoms with E-state index in [0.717, 1.165) is 18.4 Å². The van der Waals surface area contributed by atoms with E-state index in [4.69, 9.17) is 26.6 Å². The van der Waals surface area contributed by atoms with Crippen molar-refractivity contribution in [3.63, 3.8) is 0 Å². The van der Waals surface area contributed by atoms with Crippen LogP contribution >= 0.6 is 11.6 Å². The second-order valence-corrected chi connectivity index (χ2v) is 4.26. The fraction of sp³-hybridized carbons (Fsp3) is 0.333. The van der Waals surface area contributed by atoms with Crippen LogP contribution in [0, 0.1) is 0 Å². The lowest BCUT2D eigenvalue weighted by Gasteiger charge is -1.98.